The van der Waals surface area contributed by atoms with Crippen molar-refractivity contribution in [2.45, 2.75) is 26.2 Å². The summed E-state index contributed by atoms with van der Waals surface area (Å²) in [6.07, 6.45) is 2.25. The number of hydrogen-bond acceptors (Lipinski definition) is 7. The first-order valence-electron chi connectivity index (χ1n) is 14.4. The Morgan fingerprint density at radius 2 is 1.75 bits per heavy atom. The van der Waals surface area contributed by atoms with E-state index in [1.807, 2.05) is 67.6 Å². The molecule has 2 saturated heterocycles. The summed E-state index contributed by atoms with van der Waals surface area (Å²) in [7, 11) is 1.78. The fraction of sp³-hybridized carbons (Fsp3) is 0.273. The number of phenols is 1. The fourth-order valence-electron chi connectivity index (χ4n) is 5.19. The van der Waals surface area contributed by atoms with Gasteiger partial charge in [0, 0.05) is 44.1 Å². The van der Waals surface area contributed by atoms with Gasteiger partial charge >= 0.3 is 6.03 Å². The smallest absolute Gasteiger partial charge is 0.334 e. The number of carbonyl (C=O) groups is 3. The van der Waals surface area contributed by atoms with Crippen LogP contribution in [0.15, 0.2) is 85.5 Å². The quantitative estimate of drug-likeness (QED) is 0.232. The van der Waals surface area contributed by atoms with Crippen LogP contribution < -0.4 is 10.6 Å². The second-order valence-electron chi connectivity index (χ2n) is 10.5. The van der Waals surface area contributed by atoms with Crippen molar-refractivity contribution in [1.82, 2.24) is 25.1 Å². The highest BCUT2D eigenvalue weighted by Gasteiger charge is 2.46. The molecular weight excluding hydrogens is 558 g/mol. The molecule has 4 N–H and O–H groups in total. The summed E-state index contributed by atoms with van der Waals surface area (Å²) in [6.45, 7) is 6.69. The Labute approximate surface area is 257 Å². The Balaban J connectivity index is 0.000000479. The average molecular weight is 598 g/mol. The first-order chi connectivity index (χ1) is 21.2. The molecule has 230 valence electrons. The SMILES string of the molecule is C=CCN1CC(=O)N2CC(=O)N(Cc3cccc(NC)c3C=N)CC2N1C(=O)NCc1ccccc1.Cc1ccc(O)cc1. The van der Waals surface area contributed by atoms with Crippen LogP contribution in [0.5, 0.6) is 5.75 Å². The first-order valence-corrected chi connectivity index (χ1v) is 14.4. The summed E-state index contributed by atoms with van der Waals surface area (Å²) in [5.74, 6) is -0.0814. The average Bonchev–Trinajstić information content (AvgIpc) is 3.03. The topological polar surface area (TPSA) is 132 Å². The van der Waals surface area contributed by atoms with Gasteiger partial charge in [0.25, 0.3) is 0 Å². The Hall–Kier alpha value is -5.16. The minimum atomic E-state index is -0.657. The number of piperazine rings is 1. The zero-order chi connectivity index (χ0) is 31.6. The maximum Gasteiger partial charge on any atom is 0.334 e. The van der Waals surface area contributed by atoms with Gasteiger partial charge in [0.05, 0.1) is 13.1 Å². The molecule has 0 bridgehead atoms. The molecule has 11 heteroatoms. The molecule has 2 aliphatic rings. The molecule has 0 saturated carbocycles. The Morgan fingerprint density at radius 1 is 1.02 bits per heavy atom. The number of benzene rings is 3. The molecule has 4 amide bonds. The van der Waals surface area contributed by atoms with Crippen LogP contribution in [0.2, 0.25) is 0 Å². The lowest BCUT2D eigenvalue weighted by atomic mass is 10.0. The zero-order valence-corrected chi connectivity index (χ0v) is 25.1. The predicted octanol–water partition coefficient (Wildman–Crippen LogP) is 3.55. The minimum Gasteiger partial charge on any atom is -0.508 e. The summed E-state index contributed by atoms with van der Waals surface area (Å²) in [4.78, 5) is 42.5. The monoisotopic (exact) mass is 597 g/mol. The van der Waals surface area contributed by atoms with Crippen LogP contribution in [0, 0.1) is 12.3 Å². The summed E-state index contributed by atoms with van der Waals surface area (Å²) in [5.41, 5.74) is 4.42. The highest BCUT2D eigenvalue weighted by atomic mass is 16.3. The van der Waals surface area contributed by atoms with Crippen molar-refractivity contribution in [1.29, 1.82) is 5.41 Å². The van der Waals surface area contributed by atoms with Gasteiger partial charge in [0.2, 0.25) is 11.8 Å². The van der Waals surface area contributed by atoms with Crippen molar-refractivity contribution >= 4 is 29.7 Å². The van der Waals surface area contributed by atoms with E-state index in [1.165, 1.54) is 21.7 Å². The van der Waals surface area contributed by atoms with Gasteiger partial charge in [-0.15, -0.1) is 6.58 Å². The van der Waals surface area contributed by atoms with Crippen molar-refractivity contribution in [3.63, 3.8) is 0 Å². The molecular formula is C33H39N7O4. The Morgan fingerprint density at radius 3 is 2.39 bits per heavy atom. The summed E-state index contributed by atoms with van der Waals surface area (Å²) in [6, 6.07) is 21.9. The minimum absolute atomic E-state index is 0.0171. The van der Waals surface area contributed by atoms with Crippen LogP contribution in [-0.2, 0) is 22.7 Å². The van der Waals surface area contributed by atoms with Crippen LogP contribution in [0.3, 0.4) is 0 Å². The molecule has 0 radical (unpaired) electrons. The number of fused-ring (bicyclic) bond motifs is 1. The number of aryl methyl sites for hydroxylation is 1. The molecule has 3 aromatic rings. The van der Waals surface area contributed by atoms with Crippen molar-refractivity contribution in [3.8, 4) is 5.75 Å². The van der Waals surface area contributed by atoms with Crippen LogP contribution in [0.4, 0.5) is 10.5 Å². The lowest BCUT2D eigenvalue weighted by Gasteiger charge is -2.52. The van der Waals surface area contributed by atoms with E-state index < -0.39 is 6.17 Å². The maximum atomic E-state index is 13.4. The molecule has 0 spiro atoms. The van der Waals surface area contributed by atoms with Gasteiger partial charge in [0.1, 0.15) is 18.5 Å². The predicted molar refractivity (Wildman–Crippen MR) is 170 cm³/mol. The van der Waals surface area contributed by atoms with Gasteiger partial charge in [0.15, 0.2) is 0 Å². The summed E-state index contributed by atoms with van der Waals surface area (Å²) < 4.78 is 0. The van der Waals surface area contributed by atoms with Crippen molar-refractivity contribution in [2.24, 2.45) is 0 Å². The number of nitrogens with zero attached hydrogens (tertiary/aromatic N) is 4. The lowest BCUT2D eigenvalue weighted by Crippen LogP contribution is -2.73. The molecule has 2 heterocycles. The number of aromatic hydroxyl groups is 1. The van der Waals surface area contributed by atoms with Gasteiger partial charge in [-0.2, -0.15) is 0 Å². The molecule has 2 aliphatic heterocycles. The molecule has 0 aromatic heterocycles. The number of rotatable bonds is 8. The molecule has 3 aromatic carbocycles. The van der Waals surface area contributed by atoms with E-state index in [4.69, 9.17) is 10.5 Å². The molecule has 5 rings (SSSR count). The van der Waals surface area contributed by atoms with E-state index in [-0.39, 0.29) is 44.0 Å². The van der Waals surface area contributed by atoms with E-state index in [9.17, 15) is 14.4 Å². The van der Waals surface area contributed by atoms with Gasteiger partial charge in [-0.25, -0.2) is 14.8 Å². The third kappa shape index (κ3) is 7.61. The number of phenolic OH excluding ortho intramolecular Hbond substituents is 1. The van der Waals surface area contributed by atoms with Gasteiger partial charge in [-0.3, -0.25) is 9.59 Å². The molecule has 2 fully saturated rings. The van der Waals surface area contributed by atoms with Gasteiger partial charge < -0.3 is 30.9 Å². The van der Waals surface area contributed by atoms with Crippen molar-refractivity contribution in [2.75, 3.05) is 38.5 Å². The van der Waals surface area contributed by atoms with E-state index in [0.29, 0.717) is 24.4 Å². The van der Waals surface area contributed by atoms with Crippen LogP contribution >= 0.6 is 0 Å². The van der Waals surface area contributed by atoms with Crippen molar-refractivity contribution in [3.05, 3.63) is 108 Å². The van der Waals surface area contributed by atoms with Crippen LogP contribution in [0.25, 0.3) is 0 Å². The normalized spacial score (nSPS) is 16.4. The number of hydrogen-bond donors (Lipinski definition) is 4. The van der Waals surface area contributed by atoms with E-state index in [1.54, 1.807) is 35.2 Å². The van der Waals surface area contributed by atoms with Crippen LogP contribution in [-0.4, -0.2) is 88.4 Å². The van der Waals surface area contributed by atoms with Gasteiger partial charge in [-0.05, 0) is 36.2 Å². The van der Waals surface area contributed by atoms with Crippen molar-refractivity contribution < 1.29 is 19.5 Å². The van der Waals surface area contributed by atoms with Crippen LogP contribution in [0.1, 0.15) is 22.3 Å². The number of carbonyl (C=O) groups excluding carboxylic acids is 3. The largest absolute Gasteiger partial charge is 0.508 e. The zero-order valence-electron chi connectivity index (χ0n) is 25.1. The van der Waals surface area contributed by atoms with Gasteiger partial charge in [-0.1, -0.05) is 66.2 Å². The van der Waals surface area contributed by atoms with E-state index in [0.717, 1.165) is 16.8 Å². The van der Waals surface area contributed by atoms with E-state index >= 15 is 0 Å². The third-order valence-corrected chi connectivity index (χ3v) is 7.47. The number of anilines is 1. The fourth-order valence-corrected chi connectivity index (χ4v) is 5.19. The molecule has 0 aliphatic carbocycles. The summed E-state index contributed by atoms with van der Waals surface area (Å²) >= 11 is 0. The molecule has 1 unspecified atom stereocenters. The molecule has 1 atom stereocenters. The Bertz CT molecular complexity index is 1460. The molecule has 11 nitrogen and oxygen atoms in total. The lowest BCUT2D eigenvalue weighted by molar-refractivity contribution is -0.180. The number of nitrogens with one attached hydrogen (secondary N) is 3. The highest BCUT2D eigenvalue weighted by molar-refractivity contribution is 5.90. The Kier molecular flexibility index (Phi) is 10.7. The molecule has 44 heavy (non-hydrogen) atoms. The number of hydrazine groups is 1. The summed E-state index contributed by atoms with van der Waals surface area (Å²) in [5, 5.41) is 25.8. The second-order valence-corrected chi connectivity index (χ2v) is 10.5. The standard InChI is InChI=1S/C26H31N7O3.C7H8O/c1-3-12-31-17-25(35)32-18-24(34)30(15-20-10-7-11-22(28-2)21(20)13-27)16-23(32)33(31)26(36)29-14-19-8-5-4-6-9-19;1-6-2-4-7(8)5-3-6/h3-11,13,23,27-28H,1,12,14-18H2,2H3,(H,29,36);2-5,8H,1H3. The maximum absolute atomic E-state index is 13.4. The van der Waals surface area contributed by atoms with E-state index in [2.05, 4.69) is 17.2 Å². The first kappa shape index (κ1) is 31.8. The third-order valence-electron chi connectivity index (χ3n) is 7.47. The second kappa shape index (κ2) is 14.8. The number of urea groups is 1. The highest BCUT2D eigenvalue weighted by Crippen LogP contribution is 2.26. The number of amides is 4.